The molecule has 1 aliphatic heterocycles. The van der Waals surface area contributed by atoms with Crippen molar-refractivity contribution in [1.82, 2.24) is 20.0 Å². The summed E-state index contributed by atoms with van der Waals surface area (Å²) < 4.78 is 12.7. The van der Waals surface area contributed by atoms with Gasteiger partial charge in [-0.3, -0.25) is 9.59 Å². The molecule has 1 unspecified atom stereocenters. The van der Waals surface area contributed by atoms with Crippen LogP contribution in [-0.2, 0) is 9.59 Å². The van der Waals surface area contributed by atoms with Gasteiger partial charge in [0.2, 0.25) is 17.7 Å². The lowest BCUT2D eigenvalue weighted by Gasteiger charge is -2.17. The molecule has 0 saturated carbocycles. The average molecular weight is 499 g/mol. The first-order valence-electron chi connectivity index (χ1n) is 11.8. The molecule has 0 bridgehead atoms. The summed E-state index contributed by atoms with van der Waals surface area (Å²) in [6, 6.07) is 19.7. The zero-order chi connectivity index (χ0) is 25.9. The maximum Gasteiger partial charge on any atom is 0.238 e. The van der Waals surface area contributed by atoms with Crippen molar-refractivity contribution in [2.75, 3.05) is 23.9 Å². The van der Waals surface area contributed by atoms with Gasteiger partial charge in [-0.05, 0) is 62.4 Å². The number of carbonyl (C=O) groups is 2. The summed E-state index contributed by atoms with van der Waals surface area (Å²) >= 11 is 0. The number of aromatic nitrogens is 4. The number of hydrogen-bond donors (Lipinski definition) is 1. The van der Waals surface area contributed by atoms with Crippen LogP contribution in [0.15, 0.2) is 66.7 Å². The summed E-state index contributed by atoms with van der Waals surface area (Å²) in [5.74, 6) is 1.39. The second-order valence-electron chi connectivity index (χ2n) is 8.79. The van der Waals surface area contributed by atoms with Gasteiger partial charge in [0.15, 0.2) is 5.82 Å². The van der Waals surface area contributed by atoms with Gasteiger partial charge in [-0.15, -0.1) is 10.2 Å². The van der Waals surface area contributed by atoms with Crippen LogP contribution in [0, 0.1) is 19.8 Å². The van der Waals surface area contributed by atoms with Gasteiger partial charge in [0.1, 0.15) is 11.5 Å². The van der Waals surface area contributed by atoms with Crippen molar-refractivity contribution < 1.29 is 19.1 Å². The molecule has 1 saturated heterocycles. The van der Waals surface area contributed by atoms with E-state index in [-0.39, 0.29) is 18.2 Å². The zero-order valence-corrected chi connectivity index (χ0v) is 20.7. The van der Waals surface area contributed by atoms with E-state index in [1.807, 2.05) is 38.1 Å². The summed E-state index contributed by atoms with van der Waals surface area (Å²) in [6.45, 7) is 4.18. The monoisotopic (exact) mass is 498 g/mol. The Balaban J connectivity index is 1.18. The quantitative estimate of drug-likeness (QED) is 0.409. The van der Waals surface area contributed by atoms with Crippen molar-refractivity contribution in [3.63, 3.8) is 0 Å². The molecule has 2 aromatic heterocycles. The molecule has 1 N–H and O–H groups in total. The first-order chi connectivity index (χ1) is 17.9. The molecule has 1 atom stereocenters. The number of rotatable bonds is 7. The number of hydrogen-bond acceptors (Lipinski definition) is 7. The van der Waals surface area contributed by atoms with E-state index in [0.29, 0.717) is 41.1 Å². The molecule has 0 aliphatic carbocycles. The first-order valence-corrected chi connectivity index (χ1v) is 11.8. The topological polar surface area (TPSA) is 111 Å². The van der Waals surface area contributed by atoms with Crippen molar-refractivity contribution in [2.45, 2.75) is 20.3 Å². The Kier molecular flexibility index (Phi) is 6.55. The molecular weight excluding hydrogens is 472 g/mol. The minimum absolute atomic E-state index is 0.0952. The smallest absolute Gasteiger partial charge is 0.238 e. The van der Waals surface area contributed by atoms with Crippen LogP contribution in [0.2, 0.25) is 0 Å². The Morgan fingerprint density at radius 3 is 2.49 bits per heavy atom. The normalized spacial score (nSPS) is 15.1. The molecule has 37 heavy (non-hydrogen) atoms. The van der Waals surface area contributed by atoms with E-state index in [0.717, 1.165) is 11.4 Å². The Bertz CT molecular complexity index is 1430. The third-order valence-electron chi connectivity index (χ3n) is 6.06. The SMILES string of the molecule is COc1cccc(N2CC(C(=O)Nc3ccc(Oc4ccc(-n5nc(C)cc5C)nn4)cc3)CC2=O)c1. The molecule has 0 radical (unpaired) electrons. The molecule has 10 heteroatoms. The van der Waals surface area contributed by atoms with Crippen LogP contribution in [0.3, 0.4) is 0 Å². The van der Waals surface area contributed by atoms with Crippen molar-refractivity contribution in [3.8, 4) is 23.2 Å². The average Bonchev–Trinajstić information content (AvgIpc) is 3.46. The van der Waals surface area contributed by atoms with Gasteiger partial charge >= 0.3 is 0 Å². The maximum absolute atomic E-state index is 12.8. The molecule has 5 rings (SSSR count). The van der Waals surface area contributed by atoms with Crippen LogP contribution >= 0.6 is 0 Å². The minimum Gasteiger partial charge on any atom is -0.497 e. The molecule has 2 aromatic carbocycles. The lowest BCUT2D eigenvalue weighted by atomic mass is 10.1. The van der Waals surface area contributed by atoms with E-state index >= 15 is 0 Å². The number of anilines is 2. The van der Waals surface area contributed by atoms with Crippen LogP contribution in [0.4, 0.5) is 11.4 Å². The van der Waals surface area contributed by atoms with Crippen molar-refractivity contribution >= 4 is 23.2 Å². The van der Waals surface area contributed by atoms with Crippen molar-refractivity contribution in [3.05, 3.63) is 78.1 Å². The predicted molar refractivity (Wildman–Crippen MR) is 137 cm³/mol. The number of methoxy groups -OCH3 is 1. The van der Waals surface area contributed by atoms with Crippen LogP contribution in [-0.4, -0.2) is 45.4 Å². The molecule has 10 nitrogen and oxygen atoms in total. The van der Waals surface area contributed by atoms with Gasteiger partial charge in [0.05, 0.1) is 18.7 Å². The highest BCUT2D eigenvalue weighted by molar-refractivity contribution is 6.03. The van der Waals surface area contributed by atoms with E-state index < -0.39 is 5.92 Å². The number of carbonyl (C=O) groups excluding carboxylic acids is 2. The Morgan fingerprint density at radius 2 is 1.81 bits per heavy atom. The second-order valence-corrected chi connectivity index (χ2v) is 8.79. The summed E-state index contributed by atoms with van der Waals surface area (Å²) in [5, 5.41) is 15.6. The minimum atomic E-state index is -0.453. The zero-order valence-electron chi connectivity index (χ0n) is 20.7. The molecule has 1 fully saturated rings. The van der Waals surface area contributed by atoms with E-state index in [1.165, 1.54) is 0 Å². The summed E-state index contributed by atoms with van der Waals surface area (Å²) in [4.78, 5) is 27.0. The molecule has 2 amide bonds. The third kappa shape index (κ3) is 5.27. The second kappa shape index (κ2) is 10.1. The standard InChI is InChI=1S/C27H26N6O4/c1-17-13-18(2)33(31-17)24-11-12-25(30-29-24)37-22-9-7-20(8-10-22)28-27(35)19-14-26(34)32(16-19)21-5-4-6-23(15-21)36-3/h4-13,15,19H,14,16H2,1-3H3,(H,28,35). The Hall–Kier alpha value is -4.73. The highest BCUT2D eigenvalue weighted by atomic mass is 16.5. The highest BCUT2D eigenvalue weighted by Gasteiger charge is 2.35. The number of aryl methyl sites for hydroxylation is 2. The molecule has 4 aromatic rings. The highest BCUT2D eigenvalue weighted by Crippen LogP contribution is 2.29. The van der Waals surface area contributed by atoms with Gasteiger partial charge in [0.25, 0.3) is 0 Å². The predicted octanol–water partition coefficient (Wildman–Crippen LogP) is 4.07. The molecule has 3 heterocycles. The first kappa shape index (κ1) is 24.0. The number of benzene rings is 2. The number of amides is 2. The third-order valence-corrected chi connectivity index (χ3v) is 6.06. The maximum atomic E-state index is 12.8. The van der Waals surface area contributed by atoms with Gasteiger partial charge in [-0.2, -0.15) is 5.10 Å². The van der Waals surface area contributed by atoms with Crippen LogP contribution in [0.1, 0.15) is 17.8 Å². The molecule has 1 aliphatic rings. The fraction of sp³-hybridized carbons (Fsp3) is 0.222. The van der Waals surface area contributed by atoms with Gasteiger partial charge in [0, 0.05) is 42.2 Å². The fourth-order valence-electron chi connectivity index (χ4n) is 4.22. The van der Waals surface area contributed by atoms with Crippen molar-refractivity contribution in [1.29, 1.82) is 0 Å². The van der Waals surface area contributed by atoms with E-state index in [1.54, 1.807) is 59.2 Å². The number of nitrogens with zero attached hydrogens (tertiary/aromatic N) is 5. The van der Waals surface area contributed by atoms with E-state index in [2.05, 4.69) is 20.6 Å². The molecular formula is C27H26N6O4. The van der Waals surface area contributed by atoms with Crippen LogP contribution in [0.5, 0.6) is 17.4 Å². The van der Waals surface area contributed by atoms with Crippen LogP contribution < -0.4 is 19.7 Å². The fourth-order valence-corrected chi connectivity index (χ4v) is 4.22. The van der Waals surface area contributed by atoms with E-state index in [4.69, 9.17) is 9.47 Å². The molecule has 188 valence electrons. The summed E-state index contributed by atoms with van der Waals surface area (Å²) in [6.07, 6.45) is 0.149. The van der Waals surface area contributed by atoms with E-state index in [9.17, 15) is 9.59 Å². The lowest BCUT2D eigenvalue weighted by molar-refractivity contribution is -0.122. The van der Waals surface area contributed by atoms with Crippen molar-refractivity contribution in [2.24, 2.45) is 5.92 Å². The molecule has 0 spiro atoms. The lowest BCUT2D eigenvalue weighted by Crippen LogP contribution is -2.28. The number of ether oxygens (including phenoxy) is 2. The largest absolute Gasteiger partial charge is 0.497 e. The van der Waals surface area contributed by atoms with Crippen LogP contribution in [0.25, 0.3) is 5.82 Å². The van der Waals surface area contributed by atoms with Gasteiger partial charge in [-0.25, -0.2) is 4.68 Å². The Labute approximate surface area is 213 Å². The summed E-state index contributed by atoms with van der Waals surface area (Å²) in [5.41, 5.74) is 3.19. The van der Waals surface area contributed by atoms with Gasteiger partial charge in [-0.1, -0.05) is 6.07 Å². The summed E-state index contributed by atoms with van der Waals surface area (Å²) in [7, 11) is 1.57. The van der Waals surface area contributed by atoms with Gasteiger partial charge < -0.3 is 19.7 Å². The number of nitrogens with one attached hydrogen (secondary N) is 1. The Morgan fingerprint density at radius 1 is 1.00 bits per heavy atom.